The van der Waals surface area contributed by atoms with E-state index in [4.69, 9.17) is 16.7 Å². The fraction of sp³-hybridized carbons (Fsp3) is 0.167. The van der Waals surface area contributed by atoms with E-state index in [0.717, 1.165) is 10.1 Å². The van der Waals surface area contributed by atoms with Gasteiger partial charge in [0.05, 0.1) is 9.90 Å². The molecule has 17 heavy (non-hydrogen) atoms. The van der Waals surface area contributed by atoms with Crippen LogP contribution in [-0.2, 0) is 4.79 Å². The molecule has 0 bridgehead atoms. The minimum absolute atomic E-state index is 0.322. The fourth-order valence-corrected chi connectivity index (χ4v) is 3.03. The smallest absolute Gasteiger partial charge is 0.314 e. The van der Waals surface area contributed by atoms with Gasteiger partial charge in [0.15, 0.2) is 5.78 Å². The van der Waals surface area contributed by atoms with E-state index in [1.165, 1.54) is 18.3 Å². The van der Waals surface area contributed by atoms with Gasteiger partial charge < -0.3 is 5.11 Å². The molecule has 1 aromatic heterocycles. The Morgan fingerprint density at radius 2 is 2.00 bits per heavy atom. The molecule has 0 amide bonds. The topological polar surface area (TPSA) is 54.4 Å². The van der Waals surface area contributed by atoms with Crippen LogP contribution in [0.1, 0.15) is 16.6 Å². The van der Waals surface area contributed by atoms with Crippen molar-refractivity contribution in [1.29, 1.82) is 0 Å². The Bertz CT molecular complexity index is 603. The van der Waals surface area contributed by atoms with Crippen molar-refractivity contribution in [2.45, 2.75) is 6.92 Å². The fourth-order valence-electron chi connectivity index (χ4n) is 1.48. The number of ketones is 1. The first-order valence-corrected chi connectivity index (χ1v) is 6.16. The average Bonchev–Trinajstić information content (AvgIpc) is 2.65. The number of aliphatic carboxylic acids is 1. The Hall–Kier alpha value is -1.39. The molecule has 0 aliphatic heterocycles. The number of benzene rings is 1. The number of Topliss-reactive ketones (excluding diaryl/α,β-unsaturated/α-hetero) is 1. The van der Waals surface area contributed by atoms with Gasteiger partial charge in [0, 0.05) is 10.1 Å². The van der Waals surface area contributed by atoms with Crippen molar-refractivity contribution < 1.29 is 14.7 Å². The zero-order chi connectivity index (χ0) is 12.6. The lowest BCUT2D eigenvalue weighted by Gasteiger charge is -2.02. The lowest BCUT2D eigenvalue weighted by Crippen LogP contribution is -2.19. The summed E-state index contributed by atoms with van der Waals surface area (Å²) in [5.41, 5.74) is 0. The summed E-state index contributed by atoms with van der Waals surface area (Å²) in [6, 6.07) is 7.35. The molecular formula is C12H9ClO3S. The van der Waals surface area contributed by atoms with Gasteiger partial charge in [-0.2, -0.15) is 0 Å². The van der Waals surface area contributed by atoms with Crippen molar-refractivity contribution in [2.75, 3.05) is 0 Å². The maximum Gasteiger partial charge on any atom is 0.314 e. The summed E-state index contributed by atoms with van der Waals surface area (Å²) >= 11 is 7.33. The van der Waals surface area contributed by atoms with Gasteiger partial charge in [0.1, 0.15) is 5.92 Å². The molecule has 0 saturated carbocycles. The van der Waals surface area contributed by atoms with Crippen molar-refractivity contribution in [3.63, 3.8) is 0 Å². The molecule has 0 aliphatic rings. The van der Waals surface area contributed by atoms with Gasteiger partial charge in [-0.1, -0.05) is 29.8 Å². The maximum absolute atomic E-state index is 11.9. The van der Waals surface area contributed by atoms with E-state index in [0.29, 0.717) is 9.90 Å². The average molecular weight is 269 g/mol. The van der Waals surface area contributed by atoms with Crippen LogP contribution in [0.15, 0.2) is 24.3 Å². The van der Waals surface area contributed by atoms with Gasteiger partial charge in [0.25, 0.3) is 0 Å². The third kappa shape index (κ3) is 2.06. The largest absolute Gasteiger partial charge is 0.481 e. The number of thiophene rings is 1. The first kappa shape index (κ1) is 12.1. The summed E-state index contributed by atoms with van der Waals surface area (Å²) in [6.07, 6.45) is 0. The van der Waals surface area contributed by atoms with Gasteiger partial charge in [-0.25, -0.2) is 0 Å². The highest BCUT2D eigenvalue weighted by Gasteiger charge is 2.26. The number of hydrogen-bond acceptors (Lipinski definition) is 3. The summed E-state index contributed by atoms with van der Waals surface area (Å²) in [5.74, 6) is -2.65. The molecule has 0 aliphatic carbocycles. The second-order valence-corrected chi connectivity index (χ2v) is 5.10. The highest BCUT2D eigenvalue weighted by atomic mass is 35.5. The van der Waals surface area contributed by atoms with E-state index in [-0.39, 0.29) is 0 Å². The number of carboxylic acid groups (broad SMARTS) is 1. The Kier molecular flexibility index (Phi) is 3.17. The van der Waals surface area contributed by atoms with Crippen LogP contribution in [0.25, 0.3) is 10.1 Å². The SMILES string of the molecule is CC(C(=O)O)C(=O)c1sc2ccccc2c1Cl. The van der Waals surface area contributed by atoms with E-state index < -0.39 is 17.7 Å². The van der Waals surface area contributed by atoms with Crippen LogP contribution in [0.4, 0.5) is 0 Å². The molecule has 1 N–H and O–H groups in total. The van der Waals surface area contributed by atoms with Crippen LogP contribution in [-0.4, -0.2) is 16.9 Å². The normalized spacial score (nSPS) is 12.6. The van der Waals surface area contributed by atoms with Crippen molar-refractivity contribution in [1.82, 2.24) is 0 Å². The third-order valence-electron chi connectivity index (χ3n) is 2.52. The predicted octanol–water partition coefficient (Wildman–Crippen LogP) is 3.46. The second kappa shape index (κ2) is 4.47. The van der Waals surface area contributed by atoms with Crippen LogP contribution in [0.3, 0.4) is 0 Å². The minimum Gasteiger partial charge on any atom is -0.481 e. The van der Waals surface area contributed by atoms with E-state index in [1.807, 2.05) is 24.3 Å². The molecule has 0 spiro atoms. The quantitative estimate of drug-likeness (QED) is 0.685. The monoisotopic (exact) mass is 268 g/mol. The molecule has 1 heterocycles. The van der Waals surface area contributed by atoms with E-state index in [2.05, 4.69) is 0 Å². The van der Waals surface area contributed by atoms with Gasteiger partial charge in [-0.15, -0.1) is 11.3 Å². The number of rotatable bonds is 3. The lowest BCUT2D eigenvalue weighted by atomic mass is 10.1. The lowest BCUT2D eigenvalue weighted by molar-refractivity contribution is -0.139. The number of halogens is 1. The third-order valence-corrected chi connectivity index (χ3v) is 4.21. The van der Waals surface area contributed by atoms with Crippen LogP contribution in [0.5, 0.6) is 0 Å². The molecule has 2 rings (SSSR count). The standard InChI is InChI=1S/C12H9ClO3S/c1-6(12(15)16)10(14)11-9(13)7-4-2-3-5-8(7)17-11/h2-6H,1H3,(H,15,16). The van der Waals surface area contributed by atoms with Crippen molar-refractivity contribution in [2.24, 2.45) is 5.92 Å². The van der Waals surface area contributed by atoms with Crippen LogP contribution in [0, 0.1) is 5.92 Å². The number of hydrogen-bond donors (Lipinski definition) is 1. The molecule has 1 aromatic carbocycles. The van der Waals surface area contributed by atoms with Crippen molar-refractivity contribution in [3.8, 4) is 0 Å². The molecule has 1 unspecified atom stereocenters. The number of carbonyl (C=O) groups is 2. The zero-order valence-corrected chi connectivity index (χ0v) is 10.5. The number of carboxylic acids is 1. The van der Waals surface area contributed by atoms with Gasteiger partial charge >= 0.3 is 5.97 Å². The van der Waals surface area contributed by atoms with Crippen molar-refractivity contribution in [3.05, 3.63) is 34.2 Å². The Balaban J connectivity index is 2.53. The Morgan fingerprint density at radius 3 is 2.59 bits per heavy atom. The maximum atomic E-state index is 11.9. The van der Waals surface area contributed by atoms with Gasteiger partial charge in [-0.3, -0.25) is 9.59 Å². The second-order valence-electron chi connectivity index (χ2n) is 3.67. The Labute approximate surface area is 107 Å². The highest BCUT2D eigenvalue weighted by Crippen LogP contribution is 2.36. The molecule has 0 saturated heterocycles. The molecule has 0 fully saturated rings. The highest BCUT2D eigenvalue weighted by molar-refractivity contribution is 7.21. The van der Waals surface area contributed by atoms with E-state index in [9.17, 15) is 9.59 Å². The zero-order valence-electron chi connectivity index (χ0n) is 8.94. The van der Waals surface area contributed by atoms with Crippen LogP contribution >= 0.6 is 22.9 Å². The summed E-state index contributed by atoms with van der Waals surface area (Å²) in [5, 5.41) is 9.96. The molecular weight excluding hydrogens is 260 g/mol. The van der Waals surface area contributed by atoms with Crippen LogP contribution < -0.4 is 0 Å². The van der Waals surface area contributed by atoms with E-state index in [1.54, 1.807) is 0 Å². The number of carbonyl (C=O) groups excluding carboxylic acids is 1. The van der Waals surface area contributed by atoms with Crippen LogP contribution in [0.2, 0.25) is 5.02 Å². The Morgan fingerprint density at radius 1 is 1.35 bits per heavy atom. The first-order chi connectivity index (χ1) is 8.02. The molecule has 2 aromatic rings. The van der Waals surface area contributed by atoms with Gasteiger partial charge in [0.2, 0.25) is 0 Å². The molecule has 3 nitrogen and oxygen atoms in total. The summed E-state index contributed by atoms with van der Waals surface area (Å²) in [6.45, 7) is 1.37. The summed E-state index contributed by atoms with van der Waals surface area (Å²) in [7, 11) is 0. The van der Waals surface area contributed by atoms with Crippen molar-refractivity contribution >= 4 is 44.8 Å². The molecule has 1 atom stereocenters. The van der Waals surface area contributed by atoms with E-state index >= 15 is 0 Å². The molecule has 5 heteroatoms. The predicted molar refractivity (Wildman–Crippen MR) is 68.0 cm³/mol. The summed E-state index contributed by atoms with van der Waals surface area (Å²) < 4.78 is 0.887. The first-order valence-electron chi connectivity index (χ1n) is 4.96. The molecule has 0 radical (unpaired) electrons. The summed E-state index contributed by atoms with van der Waals surface area (Å²) in [4.78, 5) is 23.0. The van der Waals surface area contributed by atoms with Gasteiger partial charge in [-0.05, 0) is 13.0 Å². The number of fused-ring (bicyclic) bond motifs is 1. The minimum atomic E-state index is -1.14. The molecule has 88 valence electrons.